The summed E-state index contributed by atoms with van der Waals surface area (Å²) in [5.41, 5.74) is 6.66. The summed E-state index contributed by atoms with van der Waals surface area (Å²) in [4.78, 5) is 15.5. The second kappa shape index (κ2) is 10.0. The number of methoxy groups -OCH3 is 1. The zero-order valence-electron chi connectivity index (χ0n) is 19.8. The Morgan fingerprint density at radius 2 is 1.79 bits per heavy atom. The van der Waals surface area contributed by atoms with Crippen molar-refractivity contribution in [1.29, 1.82) is 0 Å². The fraction of sp³-hybridized carbons (Fsp3) is 0.286. The van der Waals surface area contributed by atoms with Gasteiger partial charge in [-0.2, -0.15) is 5.10 Å². The van der Waals surface area contributed by atoms with E-state index < -0.39 is 0 Å². The van der Waals surface area contributed by atoms with Crippen LogP contribution in [0.3, 0.4) is 0 Å². The van der Waals surface area contributed by atoms with Crippen LogP contribution in [0.4, 0.5) is 0 Å². The van der Waals surface area contributed by atoms with Gasteiger partial charge in [0.1, 0.15) is 5.75 Å². The summed E-state index contributed by atoms with van der Waals surface area (Å²) in [7, 11) is 3.63. The minimum Gasteiger partial charge on any atom is -0.497 e. The molecule has 3 aromatic rings. The van der Waals surface area contributed by atoms with Gasteiger partial charge in [-0.15, -0.1) is 0 Å². The Labute approximate surface area is 196 Å². The van der Waals surface area contributed by atoms with E-state index in [0.717, 1.165) is 22.6 Å². The lowest BCUT2D eigenvalue weighted by Gasteiger charge is -2.25. The van der Waals surface area contributed by atoms with Crippen LogP contribution in [0.25, 0.3) is 0 Å². The van der Waals surface area contributed by atoms with Crippen molar-refractivity contribution in [3.05, 3.63) is 101 Å². The molecule has 0 saturated carbocycles. The summed E-state index contributed by atoms with van der Waals surface area (Å²) < 4.78 is 5.32. The quantitative estimate of drug-likeness (QED) is 0.511. The van der Waals surface area contributed by atoms with Crippen LogP contribution in [0.15, 0.2) is 77.9 Å². The number of nitrogens with zero attached hydrogens (tertiary/aromatic N) is 3. The van der Waals surface area contributed by atoms with E-state index in [9.17, 15) is 4.79 Å². The average molecular weight is 442 g/mol. The molecule has 0 radical (unpaired) electrons. The van der Waals surface area contributed by atoms with E-state index in [-0.39, 0.29) is 11.9 Å². The molecule has 1 aliphatic rings. The lowest BCUT2D eigenvalue weighted by Crippen LogP contribution is -2.36. The number of aryl methyl sites for hydroxylation is 2. The molecule has 0 saturated heterocycles. The van der Waals surface area contributed by atoms with Crippen molar-refractivity contribution in [2.45, 2.75) is 32.9 Å². The van der Waals surface area contributed by atoms with Crippen LogP contribution in [0, 0.1) is 13.8 Å². The standard InChI is InChI=1S/C28H31N3O2/c1-20-10-11-21(2)25(16-20)26-17-27(23-12-14-24(33-4)15-13-23)31(29-26)28(32)19-30(3)18-22-8-6-5-7-9-22/h5-16,27H,17-19H2,1-4H3/t27-/m1/s1. The molecule has 0 N–H and O–H groups in total. The van der Waals surface area contributed by atoms with Gasteiger partial charge in [0.15, 0.2) is 0 Å². The number of carbonyl (C=O) groups excluding carboxylic acids is 1. The third-order valence-electron chi connectivity index (χ3n) is 6.07. The molecule has 0 unspecified atom stereocenters. The van der Waals surface area contributed by atoms with Gasteiger partial charge in [0.2, 0.25) is 0 Å². The smallest absolute Gasteiger partial charge is 0.257 e. The van der Waals surface area contributed by atoms with Crippen LogP contribution < -0.4 is 4.74 Å². The molecule has 0 bridgehead atoms. The van der Waals surface area contributed by atoms with Crippen molar-refractivity contribution < 1.29 is 9.53 Å². The summed E-state index contributed by atoms with van der Waals surface area (Å²) in [5.74, 6) is 0.794. The van der Waals surface area contributed by atoms with Crippen molar-refractivity contribution in [2.24, 2.45) is 5.10 Å². The molecule has 5 heteroatoms. The highest BCUT2D eigenvalue weighted by Gasteiger charge is 2.33. The maximum Gasteiger partial charge on any atom is 0.257 e. The van der Waals surface area contributed by atoms with E-state index in [1.54, 1.807) is 12.1 Å². The molecule has 1 aliphatic heterocycles. The first-order valence-corrected chi connectivity index (χ1v) is 11.3. The van der Waals surface area contributed by atoms with Crippen LogP contribution in [0.5, 0.6) is 5.75 Å². The van der Waals surface area contributed by atoms with Crippen molar-refractivity contribution in [3.63, 3.8) is 0 Å². The third kappa shape index (κ3) is 5.32. The Bertz CT molecular complexity index is 1140. The second-order valence-corrected chi connectivity index (χ2v) is 8.75. The molecule has 170 valence electrons. The molecule has 0 aliphatic carbocycles. The number of rotatable bonds is 7. The second-order valence-electron chi connectivity index (χ2n) is 8.75. The van der Waals surface area contributed by atoms with E-state index in [1.807, 2.05) is 54.4 Å². The topological polar surface area (TPSA) is 45.1 Å². The Morgan fingerprint density at radius 3 is 2.48 bits per heavy atom. The van der Waals surface area contributed by atoms with Gasteiger partial charge in [-0.1, -0.05) is 60.2 Å². The number of likely N-dealkylation sites (N-methyl/N-ethyl adjacent to an activating group) is 1. The molecule has 3 aromatic carbocycles. The first-order chi connectivity index (χ1) is 15.9. The highest BCUT2D eigenvalue weighted by molar-refractivity contribution is 6.04. The van der Waals surface area contributed by atoms with E-state index >= 15 is 0 Å². The minimum absolute atomic E-state index is 0.00504. The number of hydrogen-bond acceptors (Lipinski definition) is 4. The van der Waals surface area contributed by atoms with E-state index in [2.05, 4.69) is 44.2 Å². The summed E-state index contributed by atoms with van der Waals surface area (Å²) in [6, 6.07) is 24.4. The van der Waals surface area contributed by atoms with Crippen molar-refractivity contribution in [1.82, 2.24) is 9.91 Å². The van der Waals surface area contributed by atoms with Gasteiger partial charge < -0.3 is 4.74 Å². The Hall–Kier alpha value is -3.44. The molecule has 1 heterocycles. The number of carbonyl (C=O) groups is 1. The zero-order valence-corrected chi connectivity index (χ0v) is 19.8. The average Bonchev–Trinajstić information content (AvgIpc) is 3.27. The molecule has 0 aromatic heterocycles. The maximum atomic E-state index is 13.4. The predicted octanol–water partition coefficient (Wildman–Crippen LogP) is 5.12. The molecule has 33 heavy (non-hydrogen) atoms. The number of benzene rings is 3. The largest absolute Gasteiger partial charge is 0.497 e. The Balaban J connectivity index is 1.60. The van der Waals surface area contributed by atoms with Gasteiger partial charge >= 0.3 is 0 Å². The minimum atomic E-state index is -0.136. The molecular weight excluding hydrogens is 410 g/mol. The SMILES string of the molecule is COc1ccc([C@H]2CC(c3cc(C)ccc3C)=NN2C(=O)CN(C)Cc2ccccc2)cc1. The summed E-state index contributed by atoms with van der Waals surface area (Å²) in [6.07, 6.45) is 0.685. The lowest BCUT2D eigenvalue weighted by atomic mass is 9.95. The van der Waals surface area contributed by atoms with Crippen LogP contribution in [0.1, 0.15) is 40.3 Å². The monoisotopic (exact) mass is 441 g/mol. The summed E-state index contributed by atoms with van der Waals surface area (Å²) >= 11 is 0. The molecular formula is C28H31N3O2. The van der Waals surface area contributed by atoms with E-state index in [4.69, 9.17) is 9.84 Å². The molecule has 1 amide bonds. The summed E-state index contributed by atoms with van der Waals surface area (Å²) in [6.45, 7) is 5.19. The maximum absolute atomic E-state index is 13.4. The number of hydrazone groups is 1. The van der Waals surface area contributed by atoms with E-state index in [0.29, 0.717) is 19.5 Å². The number of hydrogen-bond donors (Lipinski definition) is 0. The van der Waals surface area contributed by atoms with Crippen LogP contribution in [0.2, 0.25) is 0 Å². The van der Waals surface area contributed by atoms with Crippen LogP contribution >= 0.6 is 0 Å². The van der Waals surface area contributed by atoms with Crippen LogP contribution in [-0.4, -0.2) is 42.2 Å². The number of amides is 1. The molecule has 4 rings (SSSR count). The van der Waals surface area contributed by atoms with Gasteiger partial charge in [-0.25, -0.2) is 5.01 Å². The normalized spacial score (nSPS) is 15.6. The fourth-order valence-electron chi connectivity index (χ4n) is 4.29. The predicted molar refractivity (Wildman–Crippen MR) is 132 cm³/mol. The number of ether oxygens (including phenoxy) is 1. The first-order valence-electron chi connectivity index (χ1n) is 11.3. The molecule has 0 fully saturated rings. The molecule has 0 spiro atoms. The third-order valence-corrected chi connectivity index (χ3v) is 6.07. The fourth-order valence-corrected chi connectivity index (χ4v) is 4.29. The van der Waals surface area contributed by atoms with Crippen molar-refractivity contribution >= 4 is 11.6 Å². The van der Waals surface area contributed by atoms with E-state index in [1.165, 1.54) is 16.7 Å². The zero-order chi connectivity index (χ0) is 23.4. The highest BCUT2D eigenvalue weighted by atomic mass is 16.5. The Morgan fingerprint density at radius 1 is 1.06 bits per heavy atom. The summed E-state index contributed by atoms with van der Waals surface area (Å²) in [5, 5.41) is 6.54. The lowest BCUT2D eigenvalue weighted by molar-refractivity contribution is -0.134. The van der Waals surface area contributed by atoms with Crippen molar-refractivity contribution in [2.75, 3.05) is 20.7 Å². The van der Waals surface area contributed by atoms with Gasteiger partial charge in [0.25, 0.3) is 5.91 Å². The van der Waals surface area contributed by atoms with Gasteiger partial charge in [-0.3, -0.25) is 9.69 Å². The first kappa shape index (κ1) is 22.7. The Kier molecular flexibility index (Phi) is 6.90. The van der Waals surface area contributed by atoms with Gasteiger partial charge in [-0.05, 0) is 55.8 Å². The molecule has 5 nitrogen and oxygen atoms in total. The van der Waals surface area contributed by atoms with Crippen LogP contribution in [-0.2, 0) is 11.3 Å². The van der Waals surface area contributed by atoms with Crippen molar-refractivity contribution in [3.8, 4) is 5.75 Å². The molecule has 1 atom stereocenters. The highest BCUT2D eigenvalue weighted by Crippen LogP contribution is 2.34. The van der Waals surface area contributed by atoms with Gasteiger partial charge in [0, 0.05) is 18.5 Å². The van der Waals surface area contributed by atoms with Gasteiger partial charge in [0.05, 0.1) is 25.4 Å².